The number of nitrogen functional groups attached to an aromatic ring is 1. The van der Waals surface area contributed by atoms with Crippen molar-refractivity contribution in [1.82, 2.24) is 5.32 Å². The molecule has 0 spiro atoms. The lowest BCUT2D eigenvalue weighted by molar-refractivity contribution is 0.652. The molecular weight excluding hydrogens is 416 g/mol. The molecule has 3 rings (SSSR count). The quantitative estimate of drug-likeness (QED) is 0.266. The molecule has 0 saturated heterocycles. The number of allylic oxidation sites excluding steroid dienone is 1. The molecule has 4 nitrogen and oxygen atoms in total. The van der Waals surface area contributed by atoms with Crippen LogP contribution in [0.25, 0.3) is 12.2 Å². The van der Waals surface area contributed by atoms with Crippen molar-refractivity contribution in [2.24, 2.45) is 0 Å². The van der Waals surface area contributed by atoms with Crippen molar-refractivity contribution >= 4 is 29.2 Å². The van der Waals surface area contributed by atoms with Gasteiger partial charge in [-0.15, -0.1) is 0 Å². The van der Waals surface area contributed by atoms with Crippen molar-refractivity contribution in [2.45, 2.75) is 26.3 Å². The van der Waals surface area contributed by atoms with Crippen LogP contribution in [0.3, 0.4) is 0 Å². The second kappa shape index (κ2) is 13.2. The maximum Gasteiger partial charge on any atom is 0.0636 e. The highest BCUT2D eigenvalue weighted by atomic mass is 15.1. The van der Waals surface area contributed by atoms with E-state index in [0.29, 0.717) is 17.4 Å². The smallest absolute Gasteiger partial charge is 0.0636 e. The first-order valence-corrected chi connectivity index (χ1v) is 11.6. The van der Waals surface area contributed by atoms with Crippen molar-refractivity contribution in [2.75, 3.05) is 31.8 Å². The summed E-state index contributed by atoms with van der Waals surface area (Å²) in [5, 5.41) is 11.6. The Bertz CT molecular complexity index is 1100. The minimum atomic E-state index is 0.421. The van der Waals surface area contributed by atoms with Gasteiger partial charge < -0.3 is 21.4 Å². The Hall–Kier alpha value is -3.63. The van der Waals surface area contributed by atoms with Crippen LogP contribution >= 0.6 is 0 Å². The zero-order chi connectivity index (χ0) is 25.1. The van der Waals surface area contributed by atoms with Gasteiger partial charge in [0.15, 0.2) is 0 Å². The second-order valence-electron chi connectivity index (χ2n) is 8.31. The highest BCUT2D eigenvalue weighted by molar-refractivity contribution is 6.13. The maximum absolute atomic E-state index is 8.44. The molecule has 1 atom stereocenters. The van der Waals surface area contributed by atoms with Crippen molar-refractivity contribution < 1.29 is 0 Å². The Kier molecular flexibility index (Phi) is 10.3. The summed E-state index contributed by atoms with van der Waals surface area (Å²) < 4.78 is 0. The van der Waals surface area contributed by atoms with Crippen LogP contribution in [0.4, 0.5) is 11.4 Å². The number of hydrogen-bond acceptors (Lipinski definition) is 4. The summed E-state index contributed by atoms with van der Waals surface area (Å²) in [5.74, 6) is 0. The summed E-state index contributed by atoms with van der Waals surface area (Å²) in [7, 11) is 6.00. The first-order valence-electron chi connectivity index (χ1n) is 11.6. The molecule has 4 heteroatoms. The van der Waals surface area contributed by atoms with Crippen LogP contribution < -0.4 is 16.0 Å². The van der Waals surface area contributed by atoms with Gasteiger partial charge >= 0.3 is 0 Å². The Balaban J connectivity index is 0.000000340. The average molecular weight is 455 g/mol. The van der Waals surface area contributed by atoms with E-state index in [-0.39, 0.29) is 0 Å². The second-order valence-corrected chi connectivity index (χ2v) is 8.31. The molecule has 0 bridgehead atoms. The number of benzene rings is 3. The standard InChI is InChI=1S/C21H25N3.C9H13N/c1-5-16-10-14-20(23)21(18(16)6-2)19(22)13-9-15-7-11-17(12-8-15)24(3)4;1-8(10-2)9-6-4-3-5-7-9/h5,7-14,22H,1,6,23H2,2-4H3;3-8,10H,1-2H3/b13-9+,22-19?;. The van der Waals surface area contributed by atoms with E-state index in [0.717, 1.165) is 34.4 Å². The van der Waals surface area contributed by atoms with Crippen molar-refractivity contribution in [3.63, 3.8) is 0 Å². The van der Waals surface area contributed by atoms with Crippen molar-refractivity contribution in [3.05, 3.63) is 107 Å². The Morgan fingerprint density at radius 2 is 1.71 bits per heavy atom. The molecule has 1 unspecified atom stereocenters. The fraction of sp³-hybridized carbons (Fsp3) is 0.233. The summed E-state index contributed by atoms with van der Waals surface area (Å²) in [6.45, 7) is 8.07. The third-order valence-electron chi connectivity index (χ3n) is 5.81. The van der Waals surface area contributed by atoms with Gasteiger partial charge in [0.05, 0.1) is 5.71 Å². The zero-order valence-corrected chi connectivity index (χ0v) is 21.1. The maximum atomic E-state index is 8.44. The van der Waals surface area contributed by atoms with Gasteiger partial charge in [0.2, 0.25) is 0 Å². The summed E-state index contributed by atoms with van der Waals surface area (Å²) in [6, 6.07) is 22.9. The molecule has 0 aromatic heterocycles. The third-order valence-corrected chi connectivity index (χ3v) is 5.81. The lowest BCUT2D eigenvalue weighted by Gasteiger charge is -2.14. The molecule has 0 fully saturated rings. The average Bonchev–Trinajstić information content (AvgIpc) is 2.87. The van der Waals surface area contributed by atoms with Gasteiger partial charge in [-0.25, -0.2) is 0 Å². The summed E-state index contributed by atoms with van der Waals surface area (Å²) in [4.78, 5) is 2.06. The highest BCUT2D eigenvalue weighted by Gasteiger charge is 2.11. The van der Waals surface area contributed by atoms with E-state index in [1.54, 1.807) is 0 Å². The molecule has 0 heterocycles. The number of nitrogens with one attached hydrogen (secondary N) is 2. The Labute approximate surface area is 205 Å². The van der Waals surface area contributed by atoms with E-state index in [1.165, 1.54) is 5.56 Å². The normalized spacial score (nSPS) is 11.4. The van der Waals surface area contributed by atoms with E-state index in [9.17, 15) is 0 Å². The van der Waals surface area contributed by atoms with Gasteiger partial charge in [-0.05, 0) is 66.9 Å². The van der Waals surface area contributed by atoms with Gasteiger partial charge in [0.25, 0.3) is 0 Å². The molecule has 0 aliphatic heterocycles. The SMILES string of the molecule is C=Cc1ccc(N)c(C(=N)/C=C/c2ccc(N(C)C)cc2)c1CC.CNC(C)c1ccccc1. The fourth-order valence-corrected chi connectivity index (χ4v) is 3.63. The van der Waals surface area contributed by atoms with E-state index in [1.807, 2.05) is 69.7 Å². The van der Waals surface area contributed by atoms with Crippen LogP contribution in [0.5, 0.6) is 0 Å². The van der Waals surface area contributed by atoms with E-state index < -0.39 is 0 Å². The number of rotatable bonds is 8. The lowest BCUT2D eigenvalue weighted by Crippen LogP contribution is -2.11. The fourth-order valence-electron chi connectivity index (χ4n) is 3.63. The number of anilines is 2. The first kappa shape index (κ1) is 26.6. The van der Waals surface area contributed by atoms with Crippen molar-refractivity contribution in [1.29, 1.82) is 5.41 Å². The predicted octanol–water partition coefficient (Wildman–Crippen LogP) is 6.59. The summed E-state index contributed by atoms with van der Waals surface area (Å²) >= 11 is 0. The van der Waals surface area contributed by atoms with Crippen LogP contribution in [-0.4, -0.2) is 26.9 Å². The van der Waals surface area contributed by atoms with Crippen LogP contribution in [0, 0.1) is 5.41 Å². The minimum absolute atomic E-state index is 0.421. The minimum Gasteiger partial charge on any atom is -0.398 e. The summed E-state index contributed by atoms with van der Waals surface area (Å²) in [6.07, 6.45) is 6.39. The van der Waals surface area contributed by atoms with Crippen LogP contribution in [0.15, 0.2) is 79.4 Å². The van der Waals surface area contributed by atoms with Gasteiger partial charge in [0, 0.05) is 37.1 Å². The number of nitrogens with two attached hydrogens (primary N) is 1. The number of nitrogens with zero attached hydrogens (tertiary/aromatic N) is 1. The lowest BCUT2D eigenvalue weighted by atomic mass is 9.93. The molecular formula is C30H38N4. The van der Waals surface area contributed by atoms with E-state index in [2.05, 4.69) is 67.0 Å². The van der Waals surface area contributed by atoms with Gasteiger partial charge in [-0.3, -0.25) is 0 Å². The summed E-state index contributed by atoms with van der Waals surface area (Å²) in [5.41, 5.74) is 13.6. The molecule has 178 valence electrons. The zero-order valence-electron chi connectivity index (χ0n) is 21.1. The molecule has 3 aromatic rings. The van der Waals surface area contributed by atoms with Gasteiger partial charge in [-0.2, -0.15) is 0 Å². The topological polar surface area (TPSA) is 65.1 Å². The molecule has 0 saturated carbocycles. The molecule has 0 aliphatic carbocycles. The van der Waals surface area contributed by atoms with Crippen LogP contribution in [0.1, 0.15) is 47.7 Å². The Morgan fingerprint density at radius 1 is 1.06 bits per heavy atom. The molecule has 0 amide bonds. The van der Waals surface area contributed by atoms with E-state index >= 15 is 0 Å². The van der Waals surface area contributed by atoms with Crippen LogP contribution in [0.2, 0.25) is 0 Å². The molecule has 3 aromatic carbocycles. The molecule has 4 N–H and O–H groups in total. The van der Waals surface area contributed by atoms with Gasteiger partial charge in [0.1, 0.15) is 0 Å². The molecule has 0 aliphatic rings. The highest BCUT2D eigenvalue weighted by Crippen LogP contribution is 2.24. The largest absolute Gasteiger partial charge is 0.398 e. The van der Waals surface area contributed by atoms with Gasteiger partial charge in [-0.1, -0.05) is 74.2 Å². The first-order chi connectivity index (χ1) is 16.3. The molecule has 0 radical (unpaired) electrons. The van der Waals surface area contributed by atoms with Crippen molar-refractivity contribution in [3.8, 4) is 0 Å². The third kappa shape index (κ3) is 7.19. The molecule has 34 heavy (non-hydrogen) atoms. The van der Waals surface area contributed by atoms with E-state index in [4.69, 9.17) is 11.1 Å². The monoisotopic (exact) mass is 454 g/mol. The Morgan fingerprint density at radius 3 is 2.24 bits per heavy atom. The predicted molar refractivity (Wildman–Crippen MR) is 151 cm³/mol. The number of hydrogen-bond donors (Lipinski definition) is 3. The van der Waals surface area contributed by atoms with Crippen LogP contribution in [-0.2, 0) is 6.42 Å².